The van der Waals surface area contributed by atoms with Crippen LogP contribution in [0.1, 0.15) is 347 Å². The van der Waals surface area contributed by atoms with Gasteiger partial charge in [0.15, 0.2) is 0 Å². The Morgan fingerprint density at radius 2 is 0.542 bits per heavy atom. The van der Waals surface area contributed by atoms with E-state index in [4.69, 9.17) is 116 Å². The van der Waals surface area contributed by atoms with Gasteiger partial charge in [-0.2, -0.15) is 8.42 Å². The van der Waals surface area contributed by atoms with Crippen LogP contribution < -0.4 is 0 Å². The first-order valence-corrected chi connectivity index (χ1v) is 52.7. The molecule has 0 heterocycles. The van der Waals surface area contributed by atoms with E-state index in [-0.39, 0.29) is 74.2 Å². The van der Waals surface area contributed by atoms with E-state index >= 15 is 0 Å². The van der Waals surface area contributed by atoms with Gasteiger partial charge in [0.05, 0.1) is 24.4 Å². The number of alkyl halides is 7. The Morgan fingerprint density at radius 1 is 0.374 bits per heavy atom. The number of hydrogen-bond acceptors (Lipinski definition) is 6. The molecule has 8 unspecified atom stereocenters. The largest absolute Gasteiger partial charge is 0.643 e. The van der Waals surface area contributed by atoms with Crippen LogP contribution in [0.3, 0.4) is 0 Å². The molecular formula is C85H161AlBr4Cl8O8S. The number of aliphatic hydroxyl groups excluding tert-OH is 4. The van der Waals surface area contributed by atoms with Crippen LogP contribution >= 0.6 is 148 Å². The highest BCUT2D eigenvalue weighted by Gasteiger charge is 2.45. The number of halogens is 12. The molecule has 0 aromatic heterocycles. The van der Waals surface area contributed by atoms with Crippen molar-refractivity contribution < 1.29 is 37.9 Å². The molecule has 0 bridgehead atoms. The van der Waals surface area contributed by atoms with E-state index in [1.54, 1.807) is 11.1 Å². The van der Waals surface area contributed by atoms with Gasteiger partial charge in [-0.25, -0.2) is 30.1 Å². The zero-order valence-electron chi connectivity index (χ0n) is 68.2. The zero-order valence-corrected chi connectivity index (χ0v) is 82.5. The highest BCUT2D eigenvalue weighted by atomic mass is 80.9. The summed E-state index contributed by atoms with van der Waals surface area (Å²) in [5, 5.41) is 40.0. The minimum atomic E-state index is -4.67. The smallest absolute Gasteiger partial charge is 0.393 e. The maximum atomic E-state index is 10.2. The van der Waals surface area contributed by atoms with Crippen LogP contribution in [-0.4, -0.2) is 110 Å². The highest BCUT2D eigenvalue weighted by molar-refractivity contribution is 9.93. The lowest BCUT2D eigenvalue weighted by molar-refractivity contribution is -0.0945. The van der Waals surface area contributed by atoms with Crippen LogP contribution in [0.4, 0.5) is 0 Å². The Bertz CT molecular complexity index is 2110. The lowest BCUT2D eigenvalue weighted by Gasteiger charge is -2.47. The summed E-state index contributed by atoms with van der Waals surface area (Å²) in [5.41, 5.74) is 4.83. The molecule has 9 aliphatic carbocycles. The molecule has 0 radical (unpaired) electrons. The molecule has 0 saturated heterocycles. The number of aliphatic hydroxyl groups is 4. The van der Waals surface area contributed by atoms with E-state index in [2.05, 4.69) is 246 Å². The Hall–Kier alpha value is 2.92. The van der Waals surface area contributed by atoms with Crippen molar-refractivity contribution in [1.29, 1.82) is 0 Å². The van der Waals surface area contributed by atoms with Gasteiger partial charge in [0.1, 0.15) is 0 Å². The highest BCUT2D eigenvalue weighted by Crippen LogP contribution is 2.51. The van der Waals surface area contributed by atoms with Gasteiger partial charge in [-0.3, -0.25) is 9.11 Å². The summed E-state index contributed by atoms with van der Waals surface area (Å²) in [7, 11) is 10.2. The quantitative estimate of drug-likeness (QED) is 0.0606. The van der Waals surface area contributed by atoms with Crippen molar-refractivity contribution in [3.8, 4) is 0 Å². The Kier molecular flexibility index (Phi) is 74.6. The fraction of sp³-hybridized carbons (Fsp3) is 0.859. The first-order chi connectivity index (χ1) is 47.4. The van der Waals surface area contributed by atoms with E-state index in [0.717, 1.165) is 140 Å². The number of allylic oxidation sites excluding steroid dienone is 12. The second-order valence-corrected chi connectivity index (χ2v) is 49.5. The fourth-order valence-electron chi connectivity index (χ4n) is 13.0. The third kappa shape index (κ3) is 74.9. The summed E-state index contributed by atoms with van der Waals surface area (Å²) < 4.78 is 31.6. The molecule has 22 heteroatoms. The minimum Gasteiger partial charge on any atom is -0.393 e. The molecule has 107 heavy (non-hydrogen) atoms. The van der Waals surface area contributed by atoms with Crippen molar-refractivity contribution in [3.05, 3.63) is 71.9 Å². The molecule has 0 aromatic carbocycles. The summed E-state index contributed by atoms with van der Waals surface area (Å²) in [4.78, 5) is 1.32. The van der Waals surface area contributed by atoms with Crippen LogP contribution in [0.15, 0.2) is 71.9 Å². The first-order valence-electron chi connectivity index (χ1n) is 38.4. The van der Waals surface area contributed by atoms with Crippen LogP contribution in [0.2, 0.25) is 0 Å². The Balaban J connectivity index is -0.000000208. The second-order valence-electron chi connectivity index (χ2n) is 36.2. The van der Waals surface area contributed by atoms with Crippen molar-refractivity contribution >= 4 is 170 Å². The third-order valence-corrected chi connectivity index (χ3v) is 23.1. The number of rotatable bonds is 0. The van der Waals surface area contributed by atoms with Crippen molar-refractivity contribution in [2.24, 2.45) is 56.2 Å². The van der Waals surface area contributed by atoms with E-state index in [0.29, 0.717) is 52.8 Å². The molecule has 0 amide bonds. The summed E-state index contributed by atoms with van der Waals surface area (Å²) in [6, 6.07) is 0. The monoisotopic (exact) mass is 1960 g/mol. The molecule has 0 aromatic rings. The molecule has 9 aliphatic rings. The molecule has 9 rings (SSSR count). The summed E-state index contributed by atoms with van der Waals surface area (Å²) in [6.07, 6.45) is 53.4. The number of hydrogen-bond donors (Lipinski definition) is 6. The molecule has 642 valence electrons. The van der Waals surface area contributed by atoms with Crippen LogP contribution in [0.5, 0.6) is 0 Å². The minimum absolute atomic E-state index is 0. The van der Waals surface area contributed by atoms with Crippen molar-refractivity contribution in [2.45, 2.75) is 408 Å². The normalized spacial score (nSPS) is 27.5. The van der Waals surface area contributed by atoms with Crippen LogP contribution in [0.25, 0.3) is 0 Å². The zero-order chi connectivity index (χ0) is 81.7. The summed E-state index contributed by atoms with van der Waals surface area (Å²) in [5.74, 6) is 1.97. The van der Waals surface area contributed by atoms with E-state index in [9.17, 15) is 10.2 Å². The standard InChI is InChI=1S/C14H26Br2.C14H28O2.C14H24.2C6H10Cl2.C6H12O2.C6H12.2C6H8.C4H9Cl.3CH4.Al.Br2.3ClH.H2O4S/c2*1-13(2,3)9-7-12(16)10(8-11(9)15)14(4,5)6;1-13(2,3)11-7-9-12(10-8-11)14(4,5)6;3*7-5-1-2-6(8)4-3-5;3*1-2-4-6-5-3-1;1-4(2,3)5;;;;;1-2;;;;1-5(2,3)4/h9-12H,7-8H2,1-6H3;9-12,15-16H,7-8H2,1-6H3;7,10H,8-9H2,1-6H3;2*5-6H,1-4H2;5-8H,1-4H2;1-6H2;2*1-2,5-6H,3-4H2;1-3H3;3*1H4;;;3*1H;(H2,1,2,3,4)/q;;;;;;;;;;;;;+3;;;;;/p-3. The van der Waals surface area contributed by atoms with Gasteiger partial charge in [0.25, 0.3) is 0 Å². The van der Waals surface area contributed by atoms with Gasteiger partial charge in [0.2, 0.25) is 0 Å². The van der Waals surface area contributed by atoms with Crippen molar-refractivity contribution in [3.63, 3.8) is 0 Å². The summed E-state index contributed by atoms with van der Waals surface area (Å²) in [6.45, 7) is 46.7. The molecule has 6 N–H and O–H groups in total. The van der Waals surface area contributed by atoms with Gasteiger partial charge >= 0.3 is 21.8 Å². The molecule has 6 fully saturated rings. The average Bonchev–Trinajstić information content (AvgIpc) is 0.801. The predicted octanol–water partition coefficient (Wildman–Crippen LogP) is 31.8. The first kappa shape index (κ1) is 123. The molecule has 8 atom stereocenters. The van der Waals surface area contributed by atoms with Gasteiger partial charge < -0.3 is 20.4 Å². The molecular weight excluding hydrogens is 1810 g/mol. The maximum absolute atomic E-state index is 10.2. The Labute approximate surface area is 736 Å². The average molecular weight is 1970 g/mol. The topological polar surface area (TPSA) is 156 Å². The van der Waals surface area contributed by atoms with E-state index in [1.807, 2.05) is 20.8 Å². The second kappa shape index (κ2) is 64.8. The third-order valence-electron chi connectivity index (χ3n) is 19.4. The predicted molar refractivity (Wildman–Crippen MR) is 502 cm³/mol. The van der Waals surface area contributed by atoms with Gasteiger partial charge in [0, 0.05) is 64.3 Å². The van der Waals surface area contributed by atoms with E-state index < -0.39 is 21.8 Å². The van der Waals surface area contributed by atoms with Crippen molar-refractivity contribution in [2.75, 3.05) is 0 Å². The molecule has 6 saturated carbocycles. The van der Waals surface area contributed by atoms with Crippen LogP contribution in [-0.2, 0) is 10.4 Å². The molecule has 0 aliphatic heterocycles. The SMILES string of the molecule is BrBr.C.C.C.C1=CCC=CC1.C1=CCC=CC1.C1CCCCC1.CC(C)(C)C1=CCC(C(C)(C)C)=CC1.CC(C)(C)C1CC(Br)C(C(C)(C)C)CC1Br.CC(C)(C)C1CC(O)C(C(C)(C)C)CC1O.CC(C)(C)Cl.ClC1CCC(Cl)CC1.ClC1CCC(Cl)CC1.O=S(=O)(O)O.OC1CCC(O)CC1.[Cl][Al]([Cl])[Cl]. The van der Waals surface area contributed by atoms with Crippen LogP contribution in [0, 0.1) is 56.2 Å². The van der Waals surface area contributed by atoms with Gasteiger partial charge in [-0.15, -0.1) is 58.0 Å². The van der Waals surface area contributed by atoms with Crippen molar-refractivity contribution in [1.82, 2.24) is 0 Å². The Morgan fingerprint density at radius 3 is 0.673 bits per heavy atom. The lowest BCUT2D eigenvalue weighted by Crippen LogP contribution is -2.47. The van der Waals surface area contributed by atoms with Gasteiger partial charge in [-0.05, 0) is 218 Å². The van der Waals surface area contributed by atoms with Gasteiger partial charge in [-0.1, -0.05) is 289 Å². The molecule has 0 spiro atoms. The fourth-order valence-corrected chi connectivity index (χ4v) is 16.8. The summed E-state index contributed by atoms with van der Waals surface area (Å²) >= 11 is 40.5. The molecule has 8 nitrogen and oxygen atoms in total. The lowest BCUT2D eigenvalue weighted by atomic mass is 9.62. The van der Waals surface area contributed by atoms with E-state index in [1.165, 1.54) is 51.4 Å². The maximum Gasteiger partial charge on any atom is 0.643 e.